The van der Waals surface area contributed by atoms with E-state index in [-0.39, 0.29) is 23.9 Å². The zero-order valence-electron chi connectivity index (χ0n) is 12.5. The van der Waals surface area contributed by atoms with Gasteiger partial charge in [-0.3, -0.25) is 4.79 Å². The fourth-order valence-electron chi connectivity index (χ4n) is 2.79. The number of ether oxygens (including phenoxy) is 1. The maximum atomic E-state index is 13.1. The maximum Gasteiger partial charge on any atom is 0.258 e. The molecule has 1 aliphatic carbocycles. The van der Waals surface area contributed by atoms with Gasteiger partial charge in [-0.15, -0.1) is 0 Å². The Kier molecular flexibility index (Phi) is 4.53. The topological polar surface area (TPSA) is 38.3 Å². The van der Waals surface area contributed by atoms with E-state index >= 15 is 0 Å². The number of carbonyl (C=O) groups is 1. The van der Waals surface area contributed by atoms with Gasteiger partial charge < -0.3 is 10.1 Å². The second kappa shape index (κ2) is 6.59. The lowest BCUT2D eigenvalue weighted by molar-refractivity contribution is -0.126. The van der Waals surface area contributed by atoms with Gasteiger partial charge in [0.2, 0.25) is 0 Å². The number of amides is 1. The Hall–Kier alpha value is -2.07. The lowest BCUT2D eigenvalue weighted by Crippen LogP contribution is -2.52. The van der Waals surface area contributed by atoms with Gasteiger partial charge in [-0.25, -0.2) is 4.39 Å². The molecule has 1 amide bonds. The highest BCUT2D eigenvalue weighted by atomic mass is 35.5. The van der Waals surface area contributed by atoms with Gasteiger partial charge in [-0.05, 0) is 49.1 Å². The van der Waals surface area contributed by atoms with Crippen LogP contribution in [0.25, 0.3) is 0 Å². The molecule has 0 aliphatic heterocycles. The molecule has 2 aromatic rings. The van der Waals surface area contributed by atoms with Crippen molar-refractivity contribution < 1.29 is 13.9 Å². The van der Waals surface area contributed by atoms with Gasteiger partial charge in [-0.1, -0.05) is 29.8 Å². The van der Waals surface area contributed by atoms with Crippen LogP contribution in [0.2, 0.25) is 5.02 Å². The Labute approximate surface area is 139 Å². The summed E-state index contributed by atoms with van der Waals surface area (Å²) in [6.07, 6.45) is 2.84. The predicted molar refractivity (Wildman–Crippen MR) is 87.0 cm³/mol. The lowest BCUT2D eigenvalue weighted by atomic mass is 9.72. The molecule has 0 unspecified atom stereocenters. The SMILES string of the molecule is O=C(COc1cccc(F)c1)NC1(c2ccc(Cl)cc2)CCC1. The van der Waals surface area contributed by atoms with Crippen molar-refractivity contribution in [3.8, 4) is 5.75 Å². The molecule has 0 atom stereocenters. The number of hydrogen-bond donors (Lipinski definition) is 1. The standard InChI is InChI=1S/C18H17ClFNO2/c19-14-7-5-13(6-8-14)18(9-2-10-18)21-17(22)12-23-16-4-1-3-15(20)11-16/h1,3-8,11H,2,9-10,12H2,(H,21,22). The number of hydrogen-bond acceptors (Lipinski definition) is 2. The van der Waals surface area contributed by atoms with Gasteiger partial charge >= 0.3 is 0 Å². The van der Waals surface area contributed by atoms with E-state index in [4.69, 9.17) is 16.3 Å². The zero-order chi connectivity index (χ0) is 16.3. The Bertz CT molecular complexity index is 698. The Morgan fingerprint density at radius 3 is 2.57 bits per heavy atom. The first-order valence-corrected chi connectivity index (χ1v) is 7.91. The van der Waals surface area contributed by atoms with E-state index in [2.05, 4.69) is 5.32 Å². The third-order valence-electron chi connectivity index (χ3n) is 4.15. The van der Waals surface area contributed by atoms with Crippen LogP contribution in [-0.2, 0) is 10.3 Å². The Balaban J connectivity index is 1.62. The summed E-state index contributed by atoms with van der Waals surface area (Å²) in [5.74, 6) is -0.266. The lowest BCUT2D eigenvalue weighted by Gasteiger charge is -2.43. The molecule has 0 radical (unpaired) electrons. The van der Waals surface area contributed by atoms with Crippen LogP contribution < -0.4 is 10.1 Å². The molecule has 0 heterocycles. The van der Waals surface area contributed by atoms with Crippen molar-refractivity contribution in [2.75, 3.05) is 6.61 Å². The number of rotatable bonds is 5. The molecule has 5 heteroatoms. The first-order chi connectivity index (χ1) is 11.1. The van der Waals surface area contributed by atoms with Crippen LogP contribution in [0.3, 0.4) is 0 Å². The predicted octanol–water partition coefficient (Wildman–Crippen LogP) is 4.05. The van der Waals surface area contributed by atoms with E-state index in [0.717, 1.165) is 24.8 Å². The number of halogens is 2. The van der Waals surface area contributed by atoms with Crippen molar-refractivity contribution in [3.63, 3.8) is 0 Å². The van der Waals surface area contributed by atoms with Crippen LogP contribution in [0.5, 0.6) is 5.75 Å². The van der Waals surface area contributed by atoms with E-state index < -0.39 is 0 Å². The van der Waals surface area contributed by atoms with Gasteiger partial charge in [0.1, 0.15) is 11.6 Å². The molecule has 2 aromatic carbocycles. The summed E-state index contributed by atoms with van der Waals surface area (Å²) in [6.45, 7) is -0.140. The second-order valence-electron chi connectivity index (χ2n) is 5.74. The summed E-state index contributed by atoms with van der Waals surface area (Å²) < 4.78 is 18.4. The van der Waals surface area contributed by atoms with Gasteiger partial charge in [0, 0.05) is 11.1 Å². The van der Waals surface area contributed by atoms with Crippen molar-refractivity contribution in [3.05, 3.63) is 64.9 Å². The van der Waals surface area contributed by atoms with Gasteiger partial charge in [0.25, 0.3) is 5.91 Å². The van der Waals surface area contributed by atoms with Crippen LogP contribution in [-0.4, -0.2) is 12.5 Å². The smallest absolute Gasteiger partial charge is 0.258 e. The molecule has 3 nitrogen and oxygen atoms in total. The molecule has 1 saturated carbocycles. The van der Waals surface area contributed by atoms with Crippen molar-refractivity contribution in [2.45, 2.75) is 24.8 Å². The minimum Gasteiger partial charge on any atom is -0.484 e. The molecule has 23 heavy (non-hydrogen) atoms. The Morgan fingerprint density at radius 1 is 1.22 bits per heavy atom. The minimum absolute atomic E-state index is 0.140. The third-order valence-corrected chi connectivity index (χ3v) is 4.40. The van der Waals surface area contributed by atoms with E-state index in [1.54, 1.807) is 12.1 Å². The van der Waals surface area contributed by atoms with E-state index in [1.165, 1.54) is 12.1 Å². The third kappa shape index (κ3) is 3.64. The fraction of sp³-hybridized carbons (Fsp3) is 0.278. The first kappa shape index (κ1) is 15.8. The molecule has 0 aromatic heterocycles. The normalized spacial score (nSPS) is 15.6. The average Bonchev–Trinajstić information content (AvgIpc) is 2.50. The van der Waals surface area contributed by atoms with Gasteiger partial charge in [0.15, 0.2) is 6.61 Å². The molecule has 120 valence electrons. The number of benzene rings is 2. The summed E-state index contributed by atoms with van der Waals surface area (Å²) in [6, 6.07) is 13.3. The molecule has 3 rings (SSSR count). The van der Waals surface area contributed by atoms with Gasteiger partial charge in [0.05, 0.1) is 5.54 Å². The maximum absolute atomic E-state index is 13.1. The quantitative estimate of drug-likeness (QED) is 0.896. The van der Waals surface area contributed by atoms with Crippen LogP contribution >= 0.6 is 11.6 Å². The molecule has 1 N–H and O–H groups in total. The monoisotopic (exact) mass is 333 g/mol. The van der Waals surface area contributed by atoms with E-state index in [9.17, 15) is 9.18 Å². The summed E-state index contributed by atoms with van der Waals surface area (Å²) in [7, 11) is 0. The molecular weight excluding hydrogens is 317 g/mol. The van der Waals surface area contributed by atoms with Crippen molar-refractivity contribution >= 4 is 17.5 Å². The molecule has 1 aliphatic rings. The van der Waals surface area contributed by atoms with Crippen LogP contribution in [0.15, 0.2) is 48.5 Å². The molecule has 0 bridgehead atoms. The summed E-state index contributed by atoms with van der Waals surface area (Å²) >= 11 is 5.92. The van der Waals surface area contributed by atoms with E-state index in [0.29, 0.717) is 10.8 Å². The van der Waals surface area contributed by atoms with Crippen LogP contribution in [0.1, 0.15) is 24.8 Å². The molecule has 1 fully saturated rings. The summed E-state index contributed by atoms with van der Waals surface area (Å²) in [4.78, 5) is 12.2. The number of carbonyl (C=O) groups excluding carboxylic acids is 1. The highest BCUT2D eigenvalue weighted by Crippen LogP contribution is 2.41. The molecule has 0 saturated heterocycles. The first-order valence-electron chi connectivity index (χ1n) is 7.53. The van der Waals surface area contributed by atoms with Gasteiger partial charge in [-0.2, -0.15) is 0 Å². The molecule has 0 spiro atoms. The largest absolute Gasteiger partial charge is 0.484 e. The Morgan fingerprint density at radius 2 is 1.96 bits per heavy atom. The van der Waals surface area contributed by atoms with E-state index in [1.807, 2.05) is 24.3 Å². The van der Waals surface area contributed by atoms with Crippen LogP contribution in [0, 0.1) is 5.82 Å². The highest BCUT2D eigenvalue weighted by molar-refractivity contribution is 6.30. The zero-order valence-corrected chi connectivity index (χ0v) is 13.3. The van der Waals surface area contributed by atoms with Crippen molar-refractivity contribution in [1.82, 2.24) is 5.32 Å². The minimum atomic E-state index is -0.389. The highest BCUT2D eigenvalue weighted by Gasteiger charge is 2.39. The summed E-state index contributed by atoms with van der Waals surface area (Å²) in [5.41, 5.74) is 0.708. The number of nitrogens with one attached hydrogen (secondary N) is 1. The summed E-state index contributed by atoms with van der Waals surface area (Å²) in [5, 5.41) is 3.72. The second-order valence-corrected chi connectivity index (χ2v) is 6.17. The van der Waals surface area contributed by atoms with Crippen LogP contribution in [0.4, 0.5) is 4.39 Å². The fourth-order valence-corrected chi connectivity index (χ4v) is 2.92. The van der Waals surface area contributed by atoms with Crippen molar-refractivity contribution in [1.29, 1.82) is 0 Å². The average molecular weight is 334 g/mol. The van der Waals surface area contributed by atoms with Crippen molar-refractivity contribution in [2.24, 2.45) is 0 Å². The molecular formula is C18H17ClFNO2.